The first-order valence-corrected chi connectivity index (χ1v) is 6.79. The maximum Gasteiger partial charge on any atom is 0.0256 e. The zero-order valence-corrected chi connectivity index (χ0v) is 11.7. The molecule has 0 amide bonds. The molecular weight excluding hydrogens is 284 g/mol. The molecule has 0 nitrogen and oxygen atoms in total. The van der Waals surface area contributed by atoms with E-state index in [4.69, 9.17) is 0 Å². The molecule has 0 atom stereocenters. The Hall–Kier alpha value is -1.60. The van der Waals surface area contributed by atoms with E-state index in [1.807, 2.05) is 0 Å². The predicted octanol–water partition coefficient (Wildman–Crippen LogP) is 5.58. The third-order valence-electron chi connectivity index (χ3n) is 3.20. The normalized spacial score (nSPS) is 10.8. The summed E-state index contributed by atoms with van der Waals surface area (Å²) in [5.41, 5.74) is 3.79. The summed E-state index contributed by atoms with van der Waals surface area (Å²) in [5, 5.41) is 2.58. The summed E-state index contributed by atoms with van der Waals surface area (Å²) in [6, 6.07) is 21.4. The summed E-state index contributed by atoms with van der Waals surface area (Å²) >= 11 is 3.67. The molecule has 0 aliphatic rings. The molecule has 0 heterocycles. The van der Waals surface area contributed by atoms with Crippen molar-refractivity contribution in [2.75, 3.05) is 0 Å². The van der Waals surface area contributed by atoms with Crippen molar-refractivity contribution in [3.8, 4) is 11.1 Å². The molecule has 0 aliphatic carbocycles. The topological polar surface area (TPSA) is 0 Å². The monoisotopic (exact) mass is 296 g/mol. The molecule has 18 heavy (non-hydrogen) atoms. The Bertz CT molecular complexity index is 708. The highest BCUT2D eigenvalue weighted by Gasteiger charge is 2.06. The second kappa shape index (κ2) is 4.58. The summed E-state index contributed by atoms with van der Waals surface area (Å²) in [6.45, 7) is 2.11. The van der Waals surface area contributed by atoms with Crippen molar-refractivity contribution >= 4 is 26.7 Å². The quantitative estimate of drug-likeness (QED) is 0.550. The van der Waals surface area contributed by atoms with Crippen molar-refractivity contribution < 1.29 is 0 Å². The van der Waals surface area contributed by atoms with E-state index in [1.165, 1.54) is 27.5 Å². The molecule has 3 aromatic carbocycles. The van der Waals surface area contributed by atoms with Crippen molar-refractivity contribution in [3.63, 3.8) is 0 Å². The van der Waals surface area contributed by atoms with Crippen LogP contribution >= 0.6 is 15.9 Å². The van der Waals surface area contributed by atoms with Crippen LogP contribution in [0.5, 0.6) is 0 Å². The van der Waals surface area contributed by atoms with Crippen LogP contribution in [0.4, 0.5) is 0 Å². The minimum Gasteiger partial charge on any atom is -0.0616 e. The molecule has 0 aliphatic heterocycles. The van der Waals surface area contributed by atoms with Gasteiger partial charge in [0.2, 0.25) is 0 Å². The fourth-order valence-corrected chi connectivity index (χ4v) is 3.01. The number of rotatable bonds is 1. The van der Waals surface area contributed by atoms with Crippen molar-refractivity contribution in [2.24, 2.45) is 0 Å². The maximum absolute atomic E-state index is 3.67. The molecule has 3 aromatic rings. The van der Waals surface area contributed by atoms with Gasteiger partial charge in [0.05, 0.1) is 0 Å². The third kappa shape index (κ3) is 1.95. The fraction of sp³-hybridized carbons (Fsp3) is 0.0588. The third-order valence-corrected chi connectivity index (χ3v) is 3.86. The molecule has 0 radical (unpaired) electrons. The van der Waals surface area contributed by atoms with E-state index in [0.29, 0.717) is 0 Å². The largest absolute Gasteiger partial charge is 0.0616 e. The van der Waals surface area contributed by atoms with Gasteiger partial charge in [-0.05, 0) is 40.5 Å². The van der Waals surface area contributed by atoms with E-state index in [2.05, 4.69) is 83.5 Å². The molecule has 0 bridgehead atoms. The Balaban J connectivity index is 2.31. The lowest BCUT2D eigenvalue weighted by Gasteiger charge is -2.09. The fourth-order valence-electron chi connectivity index (χ4n) is 2.30. The number of aryl methyl sites for hydroxylation is 1. The number of hydrogen-bond acceptors (Lipinski definition) is 0. The average molecular weight is 297 g/mol. The van der Waals surface area contributed by atoms with Crippen LogP contribution in [-0.4, -0.2) is 0 Å². The van der Waals surface area contributed by atoms with Gasteiger partial charge in [0, 0.05) is 4.47 Å². The molecule has 3 rings (SSSR count). The minimum absolute atomic E-state index is 1.15. The smallest absolute Gasteiger partial charge is 0.0256 e. The molecule has 0 saturated carbocycles. The summed E-state index contributed by atoms with van der Waals surface area (Å²) in [5.74, 6) is 0. The van der Waals surface area contributed by atoms with Gasteiger partial charge in [-0.1, -0.05) is 70.5 Å². The van der Waals surface area contributed by atoms with Crippen molar-refractivity contribution in [2.45, 2.75) is 6.92 Å². The molecule has 0 fully saturated rings. The van der Waals surface area contributed by atoms with Crippen molar-refractivity contribution in [3.05, 3.63) is 70.7 Å². The first-order chi connectivity index (χ1) is 8.75. The van der Waals surface area contributed by atoms with Gasteiger partial charge in [-0.3, -0.25) is 0 Å². The molecule has 0 aromatic heterocycles. The molecular formula is C17H13Br. The van der Waals surface area contributed by atoms with E-state index in [0.717, 1.165) is 4.47 Å². The number of benzene rings is 3. The Labute approximate surface area is 115 Å². The minimum atomic E-state index is 1.15. The van der Waals surface area contributed by atoms with E-state index < -0.39 is 0 Å². The van der Waals surface area contributed by atoms with Crippen LogP contribution in [0.2, 0.25) is 0 Å². The Morgan fingerprint density at radius 2 is 1.56 bits per heavy atom. The van der Waals surface area contributed by atoms with Gasteiger partial charge < -0.3 is 0 Å². The zero-order valence-electron chi connectivity index (χ0n) is 10.2. The van der Waals surface area contributed by atoms with Gasteiger partial charge in [-0.2, -0.15) is 0 Å². The van der Waals surface area contributed by atoms with Crippen molar-refractivity contribution in [1.29, 1.82) is 0 Å². The van der Waals surface area contributed by atoms with E-state index in [1.54, 1.807) is 0 Å². The lowest BCUT2D eigenvalue weighted by molar-refractivity contribution is 1.45. The first-order valence-electron chi connectivity index (χ1n) is 6.00. The Morgan fingerprint density at radius 1 is 0.778 bits per heavy atom. The van der Waals surface area contributed by atoms with Crippen LogP contribution in [0.1, 0.15) is 5.56 Å². The molecule has 1 heteroatoms. The second-order valence-corrected chi connectivity index (χ2v) is 5.36. The standard InChI is InChI=1S/C17H13Br/c1-12-9-10-16(17(18)11-12)15-8-4-6-13-5-2-3-7-14(13)15/h2-11H,1H3. The van der Waals surface area contributed by atoms with Gasteiger partial charge >= 0.3 is 0 Å². The number of hydrogen-bond donors (Lipinski definition) is 0. The summed E-state index contributed by atoms with van der Waals surface area (Å²) in [7, 11) is 0. The molecule has 88 valence electrons. The van der Waals surface area contributed by atoms with Gasteiger partial charge in [-0.15, -0.1) is 0 Å². The van der Waals surface area contributed by atoms with Crippen LogP contribution in [0.3, 0.4) is 0 Å². The Morgan fingerprint density at radius 3 is 2.39 bits per heavy atom. The van der Waals surface area contributed by atoms with E-state index in [-0.39, 0.29) is 0 Å². The lowest BCUT2D eigenvalue weighted by Crippen LogP contribution is -1.83. The van der Waals surface area contributed by atoms with Gasteiger partial charge in [0.15, 0.2) is 0 Å². The average Bonchev–Trinajstić information content (AvgIpc) is 2.38. The molecule has 0 spiro atoms. The van der Waals surface area contributed by atoms with E-state index >= 15 is 0 Å². The van der Waals surface area contributed by atoms with Crippen LogP contribution < -0.4 is 0 Å². The molecule has 0 unspecified atom stereocenters. The van der Waals surface area contributed by atoms with Crippen LogP contribution in [0.15, 0.2) is 65.1 Å². The van der Waals surface area contributed by atoms with Crippen LogP contribution in [0.25, 0.3) is 21.9 Å². The Kier molecular flexibility index (Phi) is 2.92. The van der Waals surface area contributed by atoms with E-state index in [9.17, 15) is 0 Å². The highest BCUT2D eigenvalue weighted by Crippen LogP contribution is 2.33. The van der Waals surface area contributed by atoms with Crippen molar-refractivity contribution in [1.82, 2.24) is 0 Å². The van der Waals surface area contributed by atoms with Crippen LogP contribution in [-0.2, 0) is 0 Å². The van der Waals surface area contributed by atoms with Gasteiger partial charge in [0.1, 0.15) is 0 Å². The summed E-state index contributed by atoms with van der Waals surface area (Å²) in [6.07, 6.45) is 0. The zero-order chi connectivity index (χ0) is 12.5. The predicted molar refractivity (Wildman–Crippen MR) is 81.8 cm³/mol. The molecule has 0 saturated heterocycles. The number of fused-ring (bicyclic) bond motifs is 1. The second-order valence-electron chi connectivity index (χ2n) is 4.51. The molecule has 0 N–H and O–H groups in total. The summed E-state index contributed by atoms with van der Waals surface area (Å²) in [4.78, 5) is 0. The van der Waals surface area contributed by atoms with Gasteiger partial charge in [-0.25, -0.2) is 0 Å². The SMILES string of the molecule is Cc1ccc(-c2cccc3ccccc23)c(Br)c1. The maximum atomic E-state index is 3.67. The van der Waals surface area contributed by atoms with Gasteiger partial charge in [0.25, 0.3) is 0 Å². The lowest BCUT2D eigenvalue weighted by atomic mass is 9.98. The summed E-state index contributed by atoms with van der Waals surface area (Å²) < 4.78 is 1.15. The highest BCUT2D eigenvalue weighted by atomic mass is 79.9. The van der Waals surface area contributed by atoms with Crippen LogP contribution in [0, 0.1) is 6.92 Å². The number of halogens is 1. The first kappa shape index (κ1) is 11.5. The highest BCUT2D eigenvalue weighted by molar-refractivity contribution is 9.10.